The summed E-state index contributed by atoms with van der Waals surface area (Å²) in [5, 5.41) is 9.52. The number of hydrogen-bond acceptors (Lipinski definition) is 1. The molecule has 16 heavy (non-hydrogen) atoms. The molecule has 2 N–H and O–H groups in total. The topological polar surface area (TPSA) is 36.0 Å². The number of para-hydroxylation sites is 1. The van der Waals surface area contributed by atoms with Gasteiger partial charge in [-0.3, -0.25) is 0 Å². The highest BCUT2D eigenvalue weighted by atomic mass is 19.4. The Labute approximate surface area is 89.7 Å². The molecule has 0 bridgehead atoms. The van der Waals surface area contributed by atoms with Crippen LogP contribution in [0, 0.1) is 6.92 Å². The maximum atomic E-state index is 12.7. The van der Waals surface area contributed by atoms with Crippen LogP contribution >= 0.6 is 0 Å². The van der Waals surface area contributed by atoms with Gasteiger partial charge in [0.25, 0.3) is 0 Å². The van der Waals surface area contributed by atoms with Crippen LogP contribution < -0.4 is 0 Å². The van der Waals surface area contributed by atoms with Crippen molar-refractivity contribution in [2.24, 2.45) is 0 Å². The molecule has 2 rings (SSSR count). The van der Waals surface area contributed by atoms with E-state index < -0.39 is 11.7 Å². The lowest BCUT2D eigenvalue weighted by atomic mass is 10.1. The highest BCUT2D eigenvalue weighted by molar-refractivity contribution is 5.87. The minimum atomic E-state index is -4.39. The second-order valence-corrected chi connectivity index (χ2v) is 3.61. The monoisotopic (exact) mass is 229 g/mol. The van der Waals surface area contributed by atoms with E-state index in [1.54, 1.807) is 13.0 Å². The van der Waals surface area contributed by atoms with E-state index >= 15 is 0 Å². The summed E-state index contributed by atoms with van der Waals surface area (Å²) in [4.78, 5) is 2.67. The molecular formula is C11H10F3NO. The minimum Gasteiger partial charge on any atom is -0.392 e. The number of benzene rings is 1. The fraction of sp³-hybridized carbons (Fsp3) is 0.273. The Hall–Kier alpha value is -1.49. The van der Waals surface area contributed by atoms with Gasteiger partial charge in [0, 0.05) is 16.6 Å². The SMILES string of the molecule is Cc1[nH]c2c(C(F)(F)F)cccc2c1CO. The standard InChI is InChI=1S/C11H10F3NO/c1-6-8(5-16)7-3-2-4-9(10(7)15-6)11(12,13)14/h2-4,15-16H,5H2,1H3. The van der Waals surface area contributed by atoms with Crippen molar-refractivity contribution in [1.29, 1.82) is 0 Å². The normalized spacial score (nSPS) is 12.3. The third-order valence-electron chi connectivity index (χ3n) is 2.62. The number of alkyl halides is 3. The molecule has 5 heteroatoms. The number of aliphatic hydroxyl groups is 1. The maximum Gasteiger partial charge on any atom is 0.418 e. The number of halogens is 3. The quantitative estimate of drug-likeness (QED) is 0.774. The molecule has 0 saturated heterocycles. The molecule has 0 aliphatic heterocycles. The second kappa shape index (κ2) is 3.52. The molecule has 0 atom stereocenters. The van der Waals surface area contributed by atoms with Crippen LogP contribution in [0.25, 0.3) is 10.9 Å². The van der Waals surface area contributed by atoms with E-state index in [-0.39, 0.29) is 12.1 Å². The number of H-pyrrole nitrogens is 1. The summed E-state index contributed by atoms with van der Waals surface area (Å²) in [7, 11) is 0. The lowest BCUT2D eigenvalue weighted by Crippen LogP contribution is -2.05. The third-order valence-corrected chi connectivity index (χ3v) is 2.62. The summed E-state index contributed by atoms with van der Waals surface area (Å²) in [6.07, 6.45) is -4.39. The number of aliphatic hydroxyl groups excluding tert-OH is 1. The summed E-state index contributed by atoms with van der Waals surface area (Å²) < 4.78 is 38.0. The molecule has 0 radical (unpaired) electrons. The lowest BCUT2D eigenvalue weighted by molar-refractivity contribution is -0.136. The zero-order chi connectivity index (χ0) is 11.9. The molecule has 1 aromatic carbocycles. The summed E-state index contributed by atoms with van der Waals surface area (Å²) in [6, 6.07) is 3.94. The van der Waals surface area contributed by atoms with E-state index in [9.17, 15) is 13.2 Å². The van der Waals surface area contributed by atoms with E-state index in [1.807, 2.05) is 0 Å². The summed E-state index contributed by atoms with van der Waals surface area (Å²) in [5.74, 6) is 0. The molecule has 1 aromatic heterocycles. The van der Waals surface area contributed by atoms with Gasteiger partial charge in [-0.15, -0.1) is 0 Å². The molecule has 0 unspecified atom stereocenters. The van der Waals surface area contributed by atoms with Gasteiger partial charge in [-0.1, -0.05) is 12.1 Å². The zero-order valence-electron chi connectivity index (χ0n) is 8.52. The van der Waals surface area contributed by atoms with Gasteiger partial charge in [-0.05, 0) is 13.0 Å². The molecule has 2 nitrogen and oxygen atoms in total. The predicted octanol–water partition coefficient (Wildman–Crippen LogP) is 2.99. The van der Waals surface area contributed by atoms with E-state index in [1.165, 1.54) is 6.07 Å². The molecule has 0 saturated carbocycles. The first-order chi connectivity index (χ1) is 7.45. The van der Waals surface area contributed by atoms with Crippen molar-refractivity contribution in [1.82, 2.24) is 4.98 Å². The van der Waals surface area contributed by atoms with Gasteiger partial charge in [0.15, 0.2) is 0 Å². The Balaban J connectivity index is 2.80. The number of nitrogens with one attached hydrogen (secondary N) is 1. The number of fused-ring (bicyclic) bond motifs is 1. The van der Waals surface area contributed by atoms with Crippen LogP contribution in [-0.4, -0.2) is 10.1 Å². The van der Waals surface area contributed by atoms with Crippen molar-refractivity contribution in [2.75, 3.05) is 0 Å². The minimum absolute atomic E-state index is 0.0385. The van der Waals surface area contributed by atoms with Crippen molar-refractivity contribution in [3.63, 3.8) is 0 Å². The van der Waals surface area contributed by atoms with E-state index in [4.69, 9.17) is 5.11 Å². The number of hydrogen-bond donors (Lipinski definition) is 2. The van der Waals surface area contributed by atoms with Gasteiger partial charge in [0.1, 0.15) is 0 Å². The average Bonchev–Trinajstić information content (AvgIpc) is 2.50. The number of rotatable bonds is 1. The molecule has 0 fully saturated rings. The van der Waals surface area contributed by atoms with Crippen LogP contribution in [0.15, 0.2) is 18.2 Å². The van der Waals surface area contributed by atoms with E-state index in [0.29, 0.717) is 16.6 Å². The molecule has 0 spiro atoms. The van der Waals surface area contributed by atoms with Gasteiger partial charge in [0.2, 0.25) is 0 Å². The van der Waals surface area contributed by atoms with Crippen molar-refractivity contribution < 1.29 is 18.3 Å². The van der Waals surface area contributed by atoms with Gasteiger partial charge in [-0.25, -0.2) is 0 Å². The molecular weight excluding hydrogens is 219 g/mol. The average molecular weight is 229 g/mol. The van der Waals surface area contributed by atoms with Gasteiger partial charge in [0.05, 0.1) is 17.7 Å². The highest BCUT2D eigenvalue weighted by Gasteiger charge is 2.33. The first-order valence-electron chi connectivity index (χ1n) is 4.73. The van der Waals surface area contributed by atoms with Crippen LogP contribution in [0.5, 0.6) is 0 Å². The molecule has 0 amide bonds. The Kier molecular flexibility index (Phi) is 2.42. The van der Waals surface area contributed by atoms with Crippen LogP contribution in [-0.2, 0) is 12.8 Å². The van der Waals surface area contributed by atoms with Crippen LogP contribution in [0.3, 0.4) is 0 Å². The number of aryl methyl sites for hydroxylation is 1. The van der Waals surface area contributed by atoms with Crippen molar-refractivity contribution in [2.45, 2.75) is 19.7 Å². The molecule has 86 valence electrons. The largest absolute Gasteiger partial charge is 0.418 e. The second-order valence-electron chi connectivity index (χ2n) is 3.61. The Morgan fingerprint density at radius 3 is 2.56 bits per heavy atom. The summed E-state index contributed by atoms with van der Waals surface area (Å²) >= 11 is 0. The zero-order valence-corrected chi connectivity index (χ0v) is 8.52. The Morgan fingerprint density at radius 2 is 2.00 bits per heavy atom. The highest BCUT2D eigenvalue weighted by Crippen LogP contribution is 2.35. The Bertz CT molecular complexity index is 528. The van der Waals surface area contributed by atoms with Crippen LogP contribution in [0.2, 0.25) is 0 Å². The van der Waals surface area contributed by atoms with Gasteiger partial charge >= 0.3 is 6.18 Å². The number of aromatic nitrogens is 1. The molecule has 2 aromatic rings. The van der Waals surface area contributed by atoms with Gasteiger partial charge < -0.3 is 10.1 Å². The molecule has 0 aliphatic rings. The van der Waals surface area contributed by atoms with Gasteiger partial charge in [-0.2, -0.15) is 13.2 Å². The van der Waals surface area contributed by atoms with E-state index in [0.717, 1.165) is 6.07 Å². The summed E-state index contributed by atoms with van der Waals surface area (Å²) in [5.41, 5.74) is 0.416. The van der Waals surface area contributed by atoms with Crippen molar-refractivity contribution in [3.05, 3.63) is 35.0 Å². The fourth-order valence-corrected chi connectivity index (χ4v) is 1.84. The van der Waals surface area contributed by atoms with Crippen LogP contribution in [0.4, 0.5) is 13.2 Å². The lowest BCUT2D eigenvalue weighted by Gasteiger charge is -2.07. The summed E-state index contributed by atoms with van der Waals surface area (Å²) in [6.45, 7) is 1.37. The molecule has 0 aliphatic carbocycles. The maximum absolute atomic E-state index is 12.7. The first kappa shape index (κ1) is 11.0. The number of aromatic amines is 1. The van der Waals surface area contributed by atoms with E-state index in [2.05, 4.69) is 4.98 Å². The van der Waals surface area contributed by atoms with Crippen molar-refractivity contribution in [3.8, 4) is 0 Å². The fourth-order valence-electron chi connectivity index (χ4n) is 1.84. The van der Waals surface area contributed by atoms with Crippen LogP contribution in [0.1, 0.15) is 16.8 Å². The van der Waals surface area contributed by atoms with Crippen molar-refractivity contribution >= 4 is 10.9 Å². The predicted molar refractivity (Wildman–Crippen MR) is 54.0 cm³/mol. The third kappa shape index (κ3) is 1.57. The smallest absolute Gasteiger partial charge is 0.392 e. The Morgan fingerprint density at radius 1 is 1.31 bits per heavy atom. The molecule has 1 heterocycles. The first-order valence-corrected chi connectivity index (χ1v) is 4.73.